The minimum absolute atomic E-state index is 0.130. The van der Waals surface area contributed by atoms with Crippen molar-refractivity contribution in [1.82, 2.24) is 9.62 Å². The predicted molar refractivity (Wildman–Crippen MR) is 85.2 cm³/mol. The molecule has 0 saturated carbocycles. The Bertz CT molecular complexity index is 606. The van der Waals surface area contributed by atoms with E-state index < -0.39 is 10.0 Å². The predicted octanol–water partition coefficient (Wildman–Crippen LogP) is 1.43. The van der Waals surface area contributed by atoms with Gasteiger partial charge in [0.05, 0.1) is 13.2 Å². The van der Waals surface area contributed by atoms with Crippen LogP contribution in [0, 0.1) is 5.92 Å². The molecule has 1 aliphatic rings. The minimum atomic E-state index is -3.47. The Morgan fingerprint density at radius 2 is 2.27 bits per heavy atom. The topological polar surface area (TPSA) is 75.7 Å². The van der Waals surface area contributed by atoms with Crippen molar-refractivity contribution < 1.29 is 17.9 Å². The monoisotopic (exact) mass is 346 g/mol. The molecular weight excluding hydrogens is 324 g/mol. The van der Waals surface area contributed by atoms with Gasteiger partial charge in [-0.1, -0.05) is 6.92 Å². The fourth-order valence-electron chi connectivity index (χ4n) is 2.34. The van der Waals surface area contributed by atoms with Crippen molar-refractivity contribution in [2.45, 2.75) is 31.0 Å². The molecule has 0 bridgehead atoms. The second kappa shape index (κ2) is 7.54. The molecule has 1 N–H and O–H groups in total. The highest BCUT2D eigenvalue weighted by atomic mass is 32.2. The summed E-state index contributed by atoms with van der Waals surface area (Å²) in [6, 6.07) is 3.37. The first kappa shape index (κ1) is 17.4. The Balaban J connectivity index is 2.08. The van der Waals surface area contributed by atoms with Crippen LogP contribution >= 0.6 is 11.3 Å². The molecule has 22 heavy (non-hydrogen) atoms. The van der Waals surface area contributed by atoms with E-state index in [9.17, 15) is 13.2 Å². The Morgan fingerprint density at radius 3 is 2.86 bits per heavy atom. The number of nitrogens with one attached hydrogen (secondary N) is 1. The lowest BCUT2D eigenvalue weighted by Crippen LogP contribution is -2.35. The standard InChI is InChI=1S/C14H22N2O4S2/c1-3-16(9-12-6-7-20-10-12)22(18,19)14-5-4-13(21-14)8-15-11(2)17/h4-5,12H,3,6-10H2,1-2H3,(H,15,17)/t12-/m0/s1. The van der Waals surface area contributed by atoms with Crippen LogP contribution in [0.4, 0.5) is 0 Å². The zero-order valence-electron chi connectivity index (χ0n) is 12.9. The van der Waals surface area contributed by atoms with Crippen molar-refractivity contribution in [3.63, 3.8) is 0 Å². The number of rotatable bonds is 7. The SMILES string of the molecule is CCN(C[C@@H]1CCOC1)S(=O)(=O)c1ccc(CNC(C)=O)s1. The fourth-order valence-corrected chi connectivity index (χ4v) is 5.32. The second-order valence-electron chi connectivity index (χ2n) is 5.32. The van der Waals surface area contributed by atoms with Crippen molar-refractivity contribution in [3.05, 3.63) is 17.0 Å². The number of sulfonamides is 1. The molecule has 0 aromatic carbocycles. The smallest absolute Gasteiger partial charge is 0.252 e. The van der Waals surface area contributed by atoms with Crippen LogP contribution in [0.5, 0.6) is 0 Å². The van der Waals surface area contributed by atoms with Crippen molar-refractivity contribution in [2.75, 3.05) is 26.3 Å². The summed E-state index contributed by atoms with van der Waals surface area (Å²) in [5.41, 5.74) is 0. The number of amides is 1. The third-order valence-corrected chi connectivity index (χ3v) is 7.07. The molecule has 0 radical (unpaired) electrons. The van der Waals surface area contributed by atoms with Crippen LogP contribution in [0.3, 0.4) is 0 Å². The first-order chi connectivity index (χ1) is 10.4. The molecule has 124 valence electrons. The molecule has 1 fully saturated rings. The van der Waals surface area contributed by atoms with E-state index in [-0.39, 0.29) is 11.8 Å². The molecule has 1 aromatic heterocycles. The van der Waals surface area contributed by atoms with Crippen LogP contribution in [-0.4, -0.2) is 44.9 Å². The number of thiophene rings is 1. The molecule has 1 saturated heterocycles. The largest absolute Gasteiger partial charge is 0.381 e. The van der Waals surface area contributed by atoms with Crippen LogP contribution in [-0.2, 0) is 26.1 Å². The van der Waals surface area contributed by atoms with Gasteiger partial charge in [0.25, 0.3) is 10.0 Å². The summed E-state index contributed by atoms with van der Waals surface area (Å²) in [6.07, 6.45) is 0.907. The van der Waals surface area contributed by atoms with Gasteiger partial charge in [0.1, 0.15) is 4.21 Å². The maximum atomic E-state index is 12.7. The first-order valence-electron chi connectivity index (χ1n) is 7.34. The molecule has 0 spiro atoms. The number of nitrogens with zero attached hydrogens (tertiary/aromatic N) is 1. The molecule has 6 nitrogen and oxygen atoms in total. The quantitative estimate of drug-likeness (QED) is 0.810. The normalized spacial score (nSPS) is 18.8. The van der Waals surface area contributed by atoms with Gasteiger partial charge in [-0.25, -0.2) is 8.42 Å². The molecule has 1 aromatic rings. The third-order valence-electron chi connectivity index (χ3n) is 3.58. The van der Waals surface area contributed by atoms with Gasteiger partial charge in [-0.05, 0) is 24.5 Å². The molecule has 0 unspecified atom stereocenters. The Morgan fingerprint density at radius 1 is 1.50 bits per heavy atom. The third kappa shape index (κ3) is 4.28. The summed E-state index contributed by atoms with van der Waals surface area (Å²) in [6.45, 7) is 5.92. The molecular formula is C14H22N2O4S2. The van der Waals surface area contributed by atoms with E-state index in [4.69, 9.17) is 4.74 Å². The van der Waals surface area contributed by atoms with Crippen LogP contribution in [0.2, 0.25) is 0 Å². The van der Waals surface area contributed by atoms with Crippen molar-refractivity contribution in [2.24, 2.45) is 5.92 Å². The number of carbonyl (C=O) groups excluding carboxylic acids is 1. The Labute approximate surface area is 135 Å². The maximum absolute atomic E-state index is 12.7. The highest BCUT2D eigenvalue weighted by Crippen LogP contribution is 2.26. The molecule has 8 heteroatoms. The fraction of sp³-hybridized carbons (Fsp3) is 0.643. The minimum Gasteiger partial charge on any atom is -0.381 e. The summed E-state index contributed by atoms with van der Waals surface area (Å²) >= 11 is 1.21. The van der Waals surface area contributed by atoms with Gasteiger partial charge < -0.3 is 10.1 Å². The molecule has 2 heterocycles. The van der Waals surface area contributed by atoms with E-state index >= 15 is 0 Å². The average molecular weight is 346 g/mol. The molecule has 1 amide bonds. The number of carbonyl (C=O) groups is 1. The van der Waals surface area contributed by atoms with Gasteiger partial charge in [0.2, 0.25) is 5.91 Å². The summed E-state index contributed by atoms with van der Waals surface area (Å²) in [5, 5.41) is 2.68. The van der Waals surface area contributed by atoms with Crippen molar-refractivity contribution in [1.29, 1.82) is 0 Å². The van der Waals surface area contributed by atoms with E-state index in [0.717, 1.165) is 11.3 Å². The van der Waals surface area contributed by atoms with Crippen LogP contribution in [0.25, 0.3) is 0 Å². The second-order valence-corrected chi connectivity index (χ2v) is 8.65. The lowest BCUT2D eigenvalue weighted by molar-refractivity contribution is -0.119. The molecule has 0 aliphatic carbocycles. The van der Waals surface area contributed by atoms with E-state index in [2.05, 4.69) is 5.32 Å². The Kier molecular flexibility index (Phi) is 5.96. The number of ether oxygens (including phenoxy) is 1. The van der Waals surface area contributed by atoms with E-state index in [0.29, 0.717) is 37.1 Å². The van der Waals surface area contributed by atoms with Crippen LogP contribution in [0.1, 0.15) is 25.1 Å². The van der Waals surface area contributed by atoms with Crippen LogP contribution < -0.4 is 5.32 Å². The van der Waals surface area contributed by atoms with Gasteiger partial charge in [-0.3, -0.25) is 4.79 Å². The molecule has 1 atom stereocenters. The van der Waals surface area contributed by atoms with E-state index in [1.54, 1.807) is 12.1 Å². The van der Waals surface area contributed by atoms with Crippen LogP contribution in [0.15, 0.2) is 16.3 Å². The van der Waals surface area contributed by atoms with E-state index in [1.165, 1.54) is 22.6 Å². The van der Waals surface area contributed by atoms with Gasteiger partial charge in [-0.2, -0.15) is 4.31 Å². The molecule has 1 aliphatic heterocycles. The van der Waals surface area contributed by atoms with Crippen molar-refractivity contribution >= 4 is 27.3 Å². The lowest BCUT2D eigenvalue weighted by Gasteiger charge is -2.22. The van der Waals surface area contributed by atoms with Gasteiger partial charge in [0, 0.05) is 31.5 Å². The molecule has 2 rings (SSSR count). The van der Waals surface area contributed by atoms with Gasteiger partial charge in [-0.15, -0.1) is 11.3 Å². The highest BCUT2D eigenvalue weighted by molar-refractivity contribution is 7.91. The summed E-state index contributed by atoms with van der Waals surface area (Å²) in [4.78, 5) is 11.8. The van der Waals surface area contributed by atoms with E-state index in [1.807, 2.05) is 6.92 Å². The Hall–Kier alpha value is -0.960. The highest BCUT2D eigenvalue weighted by Gasteiger charge is 2.28. The zero-order chi connectivity index (χ0) is 16.2. The van der Waals surface area contributed by atoms with Gasteiger partial charge in [0.15, 0.2) is 0 Å². The number of hydrogen-bond acceptors (Lipinski definition) is 5. The summed E-state index contributed by atoms with van der Waals surface area (Å²) < 4.78 is 32.6. The number of hydrogen-bond donors (Lipinski definition) is 1. The average Bonchev–Trinajstić information content (AvgIpc) is 3.13. The first-order valence-corrected chi connectivity index (χ1v) is 9.60. The lowest BCUT2D eigenvalue weighted by atomic mass is 10.1. The zero-order valence-corrected chi connectivity index (χ0v) is 14.5. The van der Waals surface area contributed by atoms with Gasteiger partial charge >= 0.3 is 0 Å². The summed E-state index contributed by atoms with van der Waals surface area (Å²) in [7, 11) is -3.47. The summed E-state index contributed by atoms with van der Waals surface area (Å²) in [5.74, 6) is 0.141. The maximum Gasteiger partial charge on any atom is 0.252 e. The van der Waals surface area contributed by atoms with Crippen molar-refractivity contribution in [3.8, 4) is 0 Å².